The van der Waals surface area contributed by atoms with E-state index in [-0.39, 0.29) is 18.3 Å². The summed E-state index contributed by atoms with van der Waals surface area (Å²) in [6.07, 6.45) is 2.24. The molecule has 4 nitrogen and oxygen atoms in total. The van der Waals surface area contributed by atoms with Gasteiger partial charge in [-0.25, -0.2) is 0 Å². The summed E-state index contributed by atoms with van der Waals surface area (Å²) >= 11 is 1.68. The van der Waals surface area contributed by atoms with Crippen LogP contribution in [0, 0.1) is 0 Å². The zero-order valence-corrected chi connectivity index (χ0v) is 13.6. The van der Waals surface area contributed by atoms with Gasteiger partial charge in [-0.1, -0.05) is 13.0 Å². The topological polar surface area (TPSA) is 44.4 Å². The van der Waals surface area contributed by atoms with Crippen LogP contribution in [0.25, 0.3) is 0 Å². The second kappa shape index (κ2) is 9.34. The van der Waals surface area contributed by atoms with Crippen molar-refractivity contribution < 1.29 is 4.79 Å². The van der Waals surface area contributed by atoms with Crippen molar-refractivity contribution in [2.45, 2.75) is 32.4 Å². The molecule has 1 amide bonds. The van der Waals surface area contributed by atoms with Gasteiger partial charge in [0.05, 0.1) is 13.1 Å². The number of hydrogen-bond donors (Lipinski definition) is 2. The molecule has 114 valence electrons. The van der Waals surface area contributed by atoms with E-state index in [9.17, 15) is 4.79 Å². The van der Waals surface area contributed by atoms with Gasteiger partial charge in [-0.2, -0.15) is 0 Å². The van der Waals surface area contributed by atoms with Gasteiger partial charge in [0.15, 0.2) is 0 Å². The Labute approximate surface area is 131 Å². The van der Waals surface area contributed by atoms with Gasteiger partial charge in [0.1, 0.15) is 0 Å². The molecule has 20 heavy (non-hydrogen) atoms. The molecule has 1 unspecified atom stereocenters. The predicted octanol–water partition coefficient (Wildman–Crippen LogP) is 1.86. The molecule has 0 bridgehead atoms. The summed E-state index contributed by atoms with van der Waals surface area (Å²) in [5.41, 5.74) is 0. The fourth-order valence-electron chi connectivity index (χ4n) is 2.47. The van der Waals surface area contributed by atoms with Gasteiger partial charge < -0.3 is 10.6 Å². The third-order valence-corrected chi connectivity index (χ3v) is 4.32. The number of nitrogens with zero attached hydrogens (tertiary/aromatic N) is 1. The summed E-state index contributed by atoms with van der Waals surface area (Å²) in [5, 5.41) is 8.41. The molecule has 0 aromatic carbocycles. The summed E-state index contributed by atoms with van der Waals surface area (Å²) < 4.78 is 0. The van der Waals surface area contributed by atoms with Crippen molar-refractivity contribution in [1.29, 1.82) is 0 Å². The molecule has 2 heterocycles. The van der Waals surface area contributed by atoms with Gasteiger partial charge in [-0.3, -0.25) is 9.69 Å². The lowest BCUT2D eigenvalue weighted by Gasteiger charge is -2.27. The molecular formula is C14H24ClN3OS. The average molecular weight is 318 g/mol. The Hall–Kier alpha value is -0.620. The standard InChI is InChI=1S/C14H23N3OS.ClH/c1-2-7-17(12-5-6-15-9-12)11-14(18)16-10-13-4-3-8-19-13;/h3-4,8,12,15H,2,5-7,9-11H2,1H3,(H,16,18);1H. The van der Waals surface area contributed by atoms with Crippen LogP contribution in [0.5, 0.6) is 0 Å². The quantitative estimate of drug-likeness (QED) is 0.807. The van der Waals surface area contributed by atoms with E-state index in [1.807, 2.05) is 11.4 Å². The van der Waals surface area contributed by atoms with E-state index >= 15 is 0 Å². The summed E-state index contributed by atoms with van der Waals surface area (Å²) in [6, 6.07) is 4.59. The largest absolute Gasteiger partial charge is 0.350 e. The first kappa shape index (κ1) is 17.4. The number of halogens is 1. The molecule has 0 aliphatic carbocycles. The van der Waals surface area contributed by atoms with E-state index < -0.39 is 0 Å². The Morgan fingerprint density at radius 1 is 1.60 bits per heavy atom. The molecule has 1 aromatic heterocycles. The SMILES string of the molecule is CCCN(CC(=O)NCc1cccs1)C1CCNC1.Cl. The van der Waals surface area contributed by atoms with E-state index in [2.05, 4.69) is 28.5 Å². The Balaban J connectivity index is 0.00000200. The first-order valence-electron chi connectivity index (χ1n) is 7.03. The number of carbonyl (C=O) groups is 1. The maximum atomic E-state index is 12.0. The lowest BCUT2D eigenvalue weighted by atomic mass is 10.2. The van der Waals surface area contributed by atoms with Crippen LogP contribution in [0.1, 0.15) is 24.6 Å². The third-order valence-electron chi connectivity index (χ3n) is 3.45. The Morgan fingerprint density at radius 3 is 3.05 bits per heavy atom. The molecule has 1 saturated heterocycles. The normalized spacial score (nSPS) is 18.0. The number of rotatable bonds is 7. The first-order valence-corrected chi connectivity index (χ1v) is 7.91. The van der Waals surface area contributed by atoms with Crippen LogP contribution >= 0.6 is 23.7 Å². The van der Waals surface area contributed by atoms with Crippen molar-refractivity contribution in [3.8, 4) is 0 Å². The molecule has 2 rings (SSSR count). The van der Waals surface area contributed by atoms with Crippen molar-refractivity contribution in [2.75, 3.05) is 26.2 Å². The lowest BCUT2D eigenvalue weighted by Crippen LogP contribution is -2.44. The van der Waals surface area contributed by atoms with E-state index in [0.717, 1.165) is 32.5 Å². The predicted molar refractivity (Wildman–Crippen MR) is 86.6 cm³/mol. The van der Waals surface area contributed by atoms with Crippen LogP contribution in [-0.4, -0.2) is 43.0 Å². The smallest absolute Gasteiger partial charge is 0.234 e. The zero-order valence-electron chi connectivity index (χ0n) is 11.9. The third kappa shape index (κ3) is 5.40. The highest BCUT2D eigenvalue weighted by atomic mass is 35.5. The molecule has 1 fully saturated rings. The van der Waals surface area contributed by atoms with E-state index in [1.165, 1.54) is 4.88 Å². The molecule has 0 saturated carbocycles. The van der Waals surface area contributed by atoms with Crippen LogP contribution < -0.4 is 10.6 Å². The van der Waals surface area contributed by atoms with Crippen molar-refractivity contribution in [2.24, 2.45) is 0 Å². The minimum absolute atomic E-state index is 0. The molecule has 1 aliphatic heterocycles. The Kier molecular flexibility index (Phi) is 8.14. The molecule has 1 atom stereocenters. The van der Waals surface area contributed by atoms with Gasteiger partial charge in [0, 0.05) is 17.5 Å². The Morgan fingerprint density at radius 2 is 2.45 bits per heavy atom. The van der Waals surface area contributed by atoms with Gasteiger partial charge in [0.2, 0.25) is 5.91 Å². The molecule has 2 N–H and O–H groups in total. The van der Waals surface area contributed by atoms with Crippen LogP contribution in [0.4, 0.5) is 0 Å². The summed E-state index contributed by atoms with van der Waals surface area (Å²) in [5.74, 6) is 0.133. The van der Waals surface area contributed by atoms with Crippen molar-refractivity contribution >= 4 is 29.7 Å². The van der Waals surface area contributed by atoms with Crippen molar-refractivity contribution in [1.82, 2.24) is 15.5 Å². The number of hydrogen-bond acceptors (Lipinski definition) is 4. The van der Waals surface area contributed by atoms with E-state index in [0.29, 0.717) is 19.1 Å². The van der Waals surface area contributed by atoms with Gasteiger partial charge in [0.25, 0.3) is 0 Å². The molecule has 6 heteroatoms. The van der Waals surface area contributed by atoms with Crippen LogP contribution in [0.2, 0.25) is 0 Å². The second-order valence-corrected chi connectivity index (χ2v) is 6.01. The van der Waals surface area contributed by atoms with Crippen molar-refractivity contribution in [3.63, 3.8) is 0 Å². The fraction of sp³-hybridized carbons (Fsp3) is 0.643. The summed E-state index contributed by atoms with van der Waals surface area (Å²) in [6.45, 7) is 6.42. The van der Waals surface area contributed by atoms with Gasteiger partial charge in [-0.05, 0) is 37.4 Å². The van der Waals surface area contributed by atoms with Crippen molar-refractivity contribution in [3.05, 3.63) is 22.4 Å². The molecule has 1 aliphatic rings. The maximum Gasteiger partial charge on any atom is 0.234 e. The number of carbonyl (C=O) groups excluding carboxylic acids is 1. The maximum absolute atomic E-state index is 12.0. The number of amides is 1. The Bertz CT molecular complexity index is 380. The van der Waals surface area contributed by atoms with Gasteiger partial charge in [-0.15, -0.1) is 23.7 Å². The van der Waals surface area contributed by atoms with Crippen LogP contribution in [-0.2, 0) is 11.3 Å². The van der Waals surface area contributed by atoms with E-state index in [4.69, 9.17) is 0 Å². The highest BCUT2D eigenvalue weighted by Gasteiger charge is 2.23. The summed E-state index contributed by atoms with van der Waals surface area (Å²) in [4.78, 5) is 15.5. The highest BCUT2D eigenvalue weighted by molar-refractivity contribution is 7.09. The molecule has 0 radical (unpaired) electrons. The highest BCUT2D eigenvalue weighted by Crippen LogP contribution is 2.10. The van der Waals surface area contributed by atoms with Gasteiger partial charge >= 0.3 is 0 Å². The van der Waals surface area contributed by atoms with Crippen LogP contribution in [0.15, 0.2) is 17.5 Å². The van der Waals surface area contributed by atoms with Crippen LogP contribution in [0.3, 0.4) is 0 Å². The number of nitrogens with one attached hydrogen (secondary N) is 2. The second-order valence-electron chi connectivity index (χ2n) is 4.97. The molecule has 0 spiro atoms. The number of thiophene rings is 1. The zero-order chi connectivity index (χ0) is 13.5. The minimum atomic E-state index is 0. The first-order chi connectivity index (χ1) is 9.29. The average Bonchev–Trinajstić information content (AvgIpc) is 3.09. The molecule has 1 aromatic rings. The minimum Gasteiger partial charge on any atom is -0.350 e. The summed E-state index contributed by atoms with van der Waals surface area (Å²) in [7, 11) is 0. The van der Waals surface area contributed by atoms with E-state index in [1.54, 1.807) is 11.3 Å². The fourth-order valence-corrected chi connectivity index (χ4v) is 3.11. The monoisotopic (exact) mass is 317 g/mol. The lowest BCUT2D eigenvalue weighted by molar-refractivity contribution is -0.122. The molecular weight excluding hydrogens is 294 g/mol.